The molecular weight excluding hydrogens is 401 g/mol. The van der Waals surface area contributed by atoms with E-state index in [4.69, 9.17) is 0 Å². The number of rotatable bonds is 7. The molecule has 2 N–H and O–H groups in total. The van der Waals surface area contributed by atoms with Gasteiger partial charge in [-0.25, -0.2) is 4.39 Å². The molecule has 0 spiro atoms. The second-order valence-corrected chi connectivity index (χ2v) is 7.54. The molecule has 32 heavy (non-hydrogen) atoms. The van der Waals surface area contributed by atoms with Crippen molar-refractivity contribution < 1.29 is 9.18 Å². The third-order valence-electron chi connectivity index (χ3n) is 5.22. The Labute approximate surface area is 187 Å². The van der Waals surface area contributed by atoms with Crippen LogP contribution >= 0.6 is 0 Å². The fourth-order valence-corrected chi connectivity index (χ4v) is 3.50. The first kappa shape index (κ1) is 21.2. The van der Waals surface area contributed by atoms with Gasteiger partial charge in [0.15, 0.2) is 0 Å². The smallest absolute Gasteiger partial charge is 0.256 e. The van der Waals surface area contributed by atoms with Crippen molar-refractivity contribution in [1.29, 1.82) is 0 Å². The molecule has 0 atom stereocenters. The molecule has 0 aliphatic heterocycles. The zero-order valence-corrected chi connectivity index (χ0v) is 17.8. The van der Waals surface area contributed by atoms with Crippen LogP contribution in [0.2, 0.25) is 0 Å². The van der Waals surface area contributed by atoms with Gasteiger partial charge < -0.3 is 10.6 Å². The predicted octanol–water partition coefficient (Wildman–Crippen LogP) is 6.10. The summed E-state index contributed by atoms with van der Waals surface area (Å²) in [5.41, 5.74) is 5.37. The zero-order chi connectivity index (χ0) is 22.3. The van der Waals surface area contributed by atoms with Crippen LogP contribution < -0.4 is 10.6 Å². The highest BCUT2D eigenvalue weighted by Gasteiger charge is 2.13. The second-order valence-electron chi connectivity index (χ2n) is 7.54. The molecule has 0 aliphatic rings. The summed E-state index contributed by atoms with van der Waals surface area (Å²) in [5, 5.41) is 6.32. The molecule has 3 aromatic carbocycles. The Morgan fingerprint density at radius 2 is 1.66 bits per heavy atom. The highest BCUT2D eigenvalue weighted by Crippen LogP contribution is 2.26. The average Bonchev–Trinajstić information content (AvgIpc) is 2.83. The maximum Gasteiger partial charge on any atom is 0.256 e. The van der Waals surface area contributed by atoms with Gasteiger partial charge in [-0.3, -0.25) is 9.78 Å². The monoisotopic (exact) mass is 425 g/mol. The lowest BCUT2D eigenvalue weighted by Gasteiger charge is -2.12. The largest absolute Gasteiger partial charge is 0.385 e. The number of pyridine rings is 1. The first-order valence-electron chi connectivity index (χ1n) is 10.5. The third-order valence-corrected chi connectivity index (χ3v) is 5.22. The number of hydrogen-bond acceptors (Lipinski definition) is 3. The number of aryl methyl sites for hydroxylation is 1. The van der Waals surface area contributed by atoms with Crippen LogP contribution in [-0.4, -0.2) is 17.4 Å². The van der Waals surface area contributed by atoms with E-state index in [0.29, 0.717) is 16.8 Å². The molecule has 0 fully saturated rings. The number of benzene rings is 3. The van der Waals surface area contributed by atoms with Crippen molar-refractivity contribution in [3.8, 4) is 11.1 Å². The number of nitrogens with one attached hydrogen (secondary N) is 2. The van der Waals surface area contributed by atoms with Crippen LogP contribution in [0.15, 0.2) is 91.1 Å². The Balaban J connectivity index is 1.41. The maximum absolute atomic E-state index is 13.7. The Bertz CT molecular complexity index is 1210. The van der Waals surface area contributed by atoms with E-state index in [1.165, 1.54) is 6.07 Å². The summed E-state index contributed by atoms with van der Waals surface area (Å²) < 4.78 is 13.7. The van der Waals surface area contributed by atoms with Gasteiger partial charge in [-0.1, -0.05) is 30.3 Å². The molecule has 0 unspecified atom stereocenters. The lowest BCUT2D eigenvalue weighted by molar-refractivity contribution is 0.102. The summed E-state index contributed by atoms with van der Waals surface area (Å²) in [4.78, 5) is 17.3. The summed E-state index contributed by atoms with van der Waals surface area (Å²) in [5.74, 6) is -0.470. The SMILES string of the molecule is Cc1cc(-c2ccccc2C(=O)Nc2ccc(NCCc3ccccn3)cc2)ccc1F. The normalized spacial score (nSPS) is 10.6. The van der Waals surface area contributed by atoms with Crippen LogP contribution in [0.5, 0.6) is 0 Å². The van der Waals surface area contributed by atoms with E-state index >= 15 is 0 Å². The fourth-order valence-electron chi connectivity index (χ4n) is 3.50. The van der Waals surface area contributed by atoms with Crippen molar-refractivity contribution in [1.82, 2.24) is 4.98 Å². The molecule has 0 aliphatic carbocycles. The van der Waals surface area contributed by atoms with Crippen molar-refractivity contribution >= 4 is 17.3 Å². The lowest BCUT2D eigenvalue weighted by atomic mass is 9.97. The van der Waals surface area contributed by atoms with Crippen LogP contribution in [0, 0.1) is 12.7 Å². The molecule has 1 aromatic heterocycles. The molecule has 0 radical (unpaired) electrons. The van der Waals surface area contributed by atoms with Crippen LogP contribution in [-0.2, 0) is 6.42 Å². The molecule has 5 heteroatoms. The van der Waals surface area contributed by atoms with E-state index in [1.807, 2.05) is 60.7 Å². The summed E-state index contributed by atoms with van der Waals surface area (Å²) in [7, 11) is 0. The quantitative estimate of drug-likeness (QED) is 0.376. The van der Waals surface area contributed by atoms with Crippen molar-refractivity contribution in [3.05, 3.63) is 114 Å². The molecule has 1 amide bonds. The number of anilines is 2. The number of amides is 1. The molecular formula is C27H24FN3O. The zero-order valence-electron chi connectivity index (χ0n) is 17.8. The molecule has 4 aromatic rings. The van der Waals surface area contributed by atoms with Gasteiger partial charge in [0.2, 0.25) is 0 Å². The molecule has 1 heterocycles. The topological polar surface area (TPSA) is 54.0 Å². The second kappa shape index (κ2) is 9.88. The number of aromatic nitrogens is 1. The van der Waals surface area contributed by atoms with Gasteiger partial charge in [-0.05, 0) is 78.2 Å². The average molecular weight is 426 g/mol. The Morgan fingerprint density at radius 3 is 2.41 bits per heavy atom. The van der Waals surface area contributed by atoms with Crippen molar-refractivity contribution in [2.24, 2.45) is 0 Å². The van der Waals surface area contributed by atoms with Crippen molar-refractivity contribution in [2.45, 2.75) is 13.3 Å². The number of carbonyl (C=O) groups is 1. The molecule has 4 rings (SSSR count). The standard InChI is InChI=1S/C27H24FN3O/c1-19-18-20(9-14-26(19)28)24-7-2-3-8-25(24)27(32)31-23-12-10-22(11-13-23)30-17-15-21-6-4-5-16-29-21/h2-14,16,18,30H,15,17H2,1H3,(H,31,32). The Hall–Kier alpha value is -3.99. The first-order chi connectivity index (χ1) is 15.6. The summed E-state index contributed by atoms with van der Waals surface area (Å²) >= 11 is 0. The molecule has 0 saturated carbocycles. The van der Waals surface area contributed by atoms with E-state index < -0.39 is 0 Å². The summed E-state index contributed by atoms with van der Waals surface area (Å²) in [6.45, 7) is 2.49. The van der Waals surface area contributed by atoms with Gasteiger partial charge in [0.05, 0.1) is 0 Å². The summed E-state index contributed by atoms with van der Waals surface area (Å²) in [6, 6.07) is 25.7. The number of hydrogen-bond donors (Lipinski definition) is 2. The van der Waals surface area contributed by atoms with E-state index in [2.05, 4.69) is 15.6 Å². The Kier molecular flexibility index (Phi) is 6.56. The minimum absolute atomic E-state index is 0.210. The maximum atomic E-state index is 13.7. The molecule has 4 nitrogen and oxygen atoms in total. The lowest BCUT2D eigenvalue weighted by Crippen LogP contribution is -2.13. The van der Waals surface area contributed by atoms with Crippen LogP contribution in [0.25, 0.3) is 11.1 Å². The Morgan fingerprint density at radius 1 is 0.906 bits per heavy atom. The highest BCUT2D eigenvalue weighted by molar-refractivity contribution is 6.08. The molecule has 0 saturated heterocycles. The fraction of sp³-hybridized carbons (Fsp3) is 0.111. The van der Waals surface area contributed by atoms with Gasteiger partial charge in [-0.2, -0.15) is 0 Å². The predicted molar refractivity (Wildman–Crippen MR) is 127 cm³/mol. The van der Waals surface area contributed by atoms with E-state index in [9.17, 15) is 9.18 Å². The van der Waals surface area contributed by atoms with E-state index in [1.54, 1.807) is 31.3 Å². The highest BCUT2D eigenvalue weighted by atomic mass is 19.1. The number of nitrogens with zero attached hydrogens (tertiary/aromatic N) is 1. The van der Waals surface area contributed by atoms with Crippen molar-refractivity contribution in [3.63, 3.8) is 0 Å². The van der Waals surface area contributed by atoms with Gasteiger partial charge in [0.25, 0.3) is 5.91 Å². The minimum atomic E-state index is -0.260. The minimum Gasteiger partial charge on any atom is -0.385 e. The number of halogens is 1. The number of carbonyl (C=O) groups excluding carboxylic acids is 1. The molecule has 0 bridgehead atoms. The van der Waals surface area contributed by atoms with Gasteiger partial charge in [0, 0.05) is 41.8 Å². The van der Waals surface area contributed by atoms with E-state index in [0.717, 1.165) is 35.5 Å². The summed E-state index contributed by atoms with van der Waals surface area (Å²) in [6.07, 6.45) is 2.63. The van der Waals surface area contributed by atoms with Crippen LogP contribution in [0.3, 0.4) is 0 Å². The van der Waals surface area contributed by atoms with Gasteiger partial charge in [-0.15, -0.1) is 0 Å². The van der Waals surface area contributed by atoms with Crippen LogP contribution in [0.4, 0.5) is 15.8 Å². The van der Waals surface area contributed by atoms with Gasteiger partial charge in [0.1, 0.15) is 5.82 Å². The van der Waals surface area contributed by atoms with Crippen LogP contribution in [0.1, 0.15) is 21.6 Å². The first-order valence-corrected chi connectivity index (χ1v) is 10.5. The van der Waals surface area contributed by atoms with Gasteiger partial charge >= 0.3 is 0 Å². The van der Waals surface area contributed by atoms with Crippen molar-refractivity contribution in [2.75, 3.05) is 17.2 Å². The molecule has 160 valence electrons. The van der Waals surface area contributed by atoms with E-state index in [-0.39, 0.29) is 11.7 Å². The third kappa shape index (κ3) is 5.19.